The maximum atomic E-state index is 13.4. The highest BCUT2D eigenvalue weighted by atomic mass is 19.1. The van der Waals surface area contributed by atoms with Crippen molar-refractivity contribution in [2.45, 2.75) is 6.92 Å². The topological polar surface area (TPSA) is 53.4 Å². The van der Waals surface area contributed by atoms with Crippen LogP contribution in [0.15, 0.2) is 48.8 Å². The summed E-state index contributed by atoms with van der Waals surface area (Å²) in [5, 5.41) is 4.06. The fourth-order valence-electron chi connectivity index (χ4n) is 3.52. The Balaban J connectivity index is 1.48. The molecule has 1 fully saturated rings. The van der Waals surface area contributed by atoms with E-state index in [-0.39, 0.29) is 11.8 Å². The molecule has 0 spiro atoms. The normalized spacial score (nSPS) is 14.6. The molecule has 6 nitrogen and oxygen atoms in total. The maximum absolute atomic E-state index is 13.4. The molecule has 0 saturated carbocycles. The molecule has 0 bridgehead atoms. The van der Waals surface area contributed by atoms with E-state index in [1.807, 2.05) is 17.0 Å². The van der Waals surface area contributed by atoms with E-state index in [1.165, 1.54) is 12.1 Å². The predicted molar refractivity (Wildman–Crippen MR) is 105 cm³/mol. The average Bonchev–Trinajstić information content (AvgIpc) is 3.11. The molecule has 1 amide bonds. The van der Waals surface area contributed by atoms with Crippen molar-refractivity contribution < 1.29 is 9.18 Å². The molecule has 0 radical (unpaired) electrons. The summed E-state index contributed by atoms with van der Waals surface area (Å²) >= 11 is 0. The van der Waals surface area contributed by atoms with Gasteiger partial charge in [-0.2, -0.15) is 0 Å². The molecule has 27 heavy (non-hydrogen) atoms. The fourth-order valence-corrected chi connectivity index (χ4v) is 3.52. The first kappa shape index (κ1) is 17.3. The van der Waals surface area contributed by atoms with Gasteiger partial charge in [-0.15, -0.1) is 0 Å². The smallest absolute Gasteiger partial charge is 0.328 e. The molecule has 1 aromatic carbocycles. The van der Waals surface area contributed by atoms with E-state index >= 15 is 0 Å². The van der Waals surface area contributed by atoms with Crippen LogP contribution >= 0.6 is 0 Å². The number of hydrogen-bond donors (Lipinski definition) is 1. The lowest BCUT2D eigenvalue weighted by molar-refractivity contribution is 0.197. The molecule has 0 atom stereocenters. The molecule has 1 N–H and O–H groups in total. The minimum absolute atomic E-state index is 0.0795. The van der Waals surface area contributed by atoms with Crippen molar-refractivity contribution in [3.63, 3.8) is 0 Å². The average molecular weight is 367 g/mol. The molecule has 4 rings (SSSR count). The van der Waals surface area contributed by atoms with Gasteiger partial charge >= 0.3 is 6.03 Å². The van der Waals surface area contributed by atoms with Crippen LogP contribution in [0, 0.1) is 5.82 Å². The number of nitrogens with one attached hydrogen (secondary N) is 1. The number of aromatic nitrogens is 2. The van der Waals surface area contributed by atoms with Gasteiger partial charge in [0, 0.05) is 50.5 Å². The Labute approximate surface area is 157 Å². The van der Waals surface area contributed by atoms with E-state index in [4.69, 9.17) is 0 Å². The quantitative estimate of drug-likeness (QED) is 0.771. The van der Waals surface area contributed by atoms with Crippen LogP contribution < -0.4 is 10.2 Å². The number of anilines is 2. The molecule has 2 aromatic heterocycles. The molecule has 1 aliphatic rings. The molecule has 3 aromatic rings. The number of carbonyl (C=O) groups excluding carboxylic acids is 1. The summed E-state index contributed by atoms with van der Waals surface area (Å²) < 4.78 is 15.0. The van der Waals surface area contributed by atoms with Gasteiger partial charge in [-0.1, -0.05) is 0 Å². The van der Waals surface area contributed by atoms with E-state index in [0.29, 0.717) is 13.1 Å². The third-order valence-corrected chi connectivity index (χ3v) is 4.86. The van der Waals surface area contributed by atoms with Crippen LogP contribution in [0.4, 0.5) is 20.7 Å². The summed E-state index contributed by atoms with van der Waals surface area (Å²) in [7, 11) is 0. The van der Waals surface area contributed by atoms with Crippen LogP contribution in [0.1, 0.15) is 6.92 Å². The Morgan fingerprint density at radius 3 is 2.78 bits per heavy atom. The second-order valence-electron chi connectivity index (χ2n) is 6.55. The van der Waals surface area contributed by atoms with Crippen molar-refractivity contribution in [1.29, 1.82) is 0 Å². The lowest BCUT2D eigenvalue weighted by atomic mass is 10.2. The summed E-state index contributed by atoms with van der Waals surface area (Å²) in [6.45, 7) is 5.55. The number of nitrogens with zero attached hydrogens (tertiary/aromatic N) is 4. The van der Waals surface area contributed by atoms with Crippen LogP contribution in [0.5, 0.6) is 0 Å². The van der Waals surface area contributed by atoms with Gasteiger partial charge in [-0.25, -0.2) is 14.2 Å². The molecule has 1 saturated heterocycles. The lowest BCUT2D eigenvalue weighted by Gasteiger charge is -2.36. The molecule has 0 aliphatic carbocycles. The van der Waals surface area contributed by atoms with Gasteiger partial charge in [0.1, 0.15) is 5.82 Å². The summed E-state index contributed by atoms with van der Waals surface area (Å²) in [4.78, 5) is 21.5. The Morgan fingerprint density at radius 2 is 2.00 bits per heavy atom. The Hall–Kier alpha value is -3.09. The van der Waals surface area contributed by atoms with E-state index in [2.05, 4.69) is 22.1 Å². The van der Waals surface area contributed by atoms with Crippen LogP contribution in [0.2, 0.25) is 0 Å². The fraction of sp³-hybridized carbons (Fsp3) is 0.300. The molecule has 1 aliphatic heterocycles. The van der Waals surface area contributed by atoms with Crippen molar-refractivity contribution in [1.82, 2.24) is 14.5 Å². The zero-order valence-electron chi connectivity index (χ0n) is 15.2. The third kappa shape index (κ3) is 3.32. The molecule has 140 valence electrons. The van der Waals surface area contributed by atoms with E-state index in [0.717, 1.165) is 42.0 Å². The van der Waals surface area contributed by atoms with Gasteiger partial charge in [0.05, 0.1) is 11.2 Å². The Kier molecular flexibility index (Phi) is 4.66. The first-order valence-corrected chi connectivity index (χ1v) is 9.17. The standard InChI is InChI=1S/C20H22FN5O/c1-2-22-17-4-3-8-23-19(17)24-10-12-25(13-11-24)20(27)26-9-7-15-14-16(21)5-6-18(15)26/h3-9,14,22H,2,10-13H2,1H3. The predicted octanol–water partition coefficient (Wildman–Crippen LogP) is 3.40. The number of hydrogen-bond acceptors (Lipinski definition) is 4. The van der Waals surface area contributed by atoms with Gasteiger partial charge < -0.3 is 15.1 Å². The SMILES string of the molecule is CCNc1cccnc1N1CCN(C(=O)n2ccc3cc(F)ccc32)CC1. The highest BCUT2D eigenvalue weighted by molar-refractivity contribution is 5.91. The molecular formula is C20H22FN5O. The number of rotatable bonds is 3. The van der Waals surface area contributed by atoms with Gasteiger partial charge in [0.25, 0.3) is 0 Å². The lowest BCUT2D eigenvalue weighted by Crippen LogP contribution is -2.50. The minimum Gasteiger partial charge on any atom is -0.382 e. The maximum Gasteiger partial charge on any atom is 0.328 e. The molecule has 0 unspecified atom stereocenters. The van der Waals surface area contributed by atoms with Crippen LogP contribution in [0.3, 0.4) is 0 Å². The van der Waals surface area contributed by atoms with Crippen molar-refractivity contribution in [2.24, 2.45) is 0 Å². The number of benzene rings is 1. The zero-order chi connectivity index (χ0) is 18.8. The molecular weight excluding hydrogens is 345 g/mol. The first-order valence-electron chi connectivity index (χ1n) is 9.17. The largest absolute Gasteiger partial charge is 0.382 e. The highest BCUT2D eigenvalue weighted by Gasteiger charge is 2.24. The Bertz CT molecular complexity index is 962. The van der Waals surface area contributed by atoms with Crippen molar-refractivity contribution in [3.8, 4) is 0 Å². The number of piperazine rings is 1. The minimum atomic E-state index is -0.298. The molecule has 7 heteroatoms. The number of carbonyl (C=O) groups is 1. The zero-order valence-corrected chi connectivity index (χ0v) is 15.2. The summed E-state index contributed by atoms with van der Waals surface area (Å²) in [6, 6.07) is 10.1. The van der Waals surface area contributed by atoms with E-state index < -0.39 is 0 Å². The van der Waals surface area contributed by atoms with Crippen LogP contribution in [0.25, 0.3) is 10.9 Å². The number of halogens is 1. The summed E-state index contributed by atoms with van der Waals surface area (Å²) in [5.41, 5.74) is 1.74. The van der Waals surface area contributed by atoms with Crippen molar-refractivity contribution >= 4 is 28.4 Å². The van der Waals surface area contributed by atoms with Crippen molar-refractivity contribution in [2.75, 3.05) is 42.9 Å². The second-order valence-corrected chi connectivity index (χ2v) is 6.55. The van der Waals surface area contributed by atoms with Gasteiger partial charge in [0.2, 0.25) is 0 Å². The number of pyridine rings is 1. The third-order valence-electron chi connectivity index (χ3n) is 4.86. The van der Waals surface area contributed by atoms with Crippen molar-refractivity contribution in [3.05, 3.63) is 54.6 Å². The monoisotopic (exact) mass is 367 g/mol. The number of amides is 1. The van der Waals surface area contributed by atoms with Crippen LogP contribution in [-0.4, -0.2) is 53.2 Å². The summed E-state index contributed by atoms with van der Waals surface area (Å²) in [6.07, 6.45) is 3.50. The Morgan fingerprint density at radius 1 is 1.19 bits per heavy atom. The highest BCUT2D eigenvalue weighted by Crippen LogP contribution is 2.24. The first-order chi connectivity index (χ1) is 13.2. The van der Waals surface area contributed by atoms with Gasteiger partial charge in [-0.3, -0.25) is 4.57 Å². The second kappa shape index (κ2) is 7.26. The van der Waals surface area contributed by atoms with E-state index in [9.17, 15) is 9.18 Å². The van der Waals surface area contributed by atoms with Crippen LogP contribution in [-0.2, 0) is 0 Å². The van der Waals surface area contributed by atoms with E-state index in [1.54, 1.807) is 29.1 Å². The molecule has 3 heterocycles. The van der Waals surface area contributed by atoms with Gasteiger partial charge in [-0.05, 0) is 43.3 Å². The number of fused-ring (bicyclic) bond motifs is 1. The summed E-state index contributed by atoms with van der Waals surface area (Å²) in [5.74, 6) is 0.626. The van der Waals surface area contributed by atoms with Gasteiger partial charge in [0.15, 0.2) is 5.82 Å².